The first-order valence-corrected chi connectivity index (χ1v) is 8.45. The summed E-state index contributed by atoms with van der Waals surface area (Å²) in [5, 5.41) is 15.1. The Morgan fingerprint density at radius 3 is 2.64 bits per heavy atom. The summed E-state index contributed by atoms with van der Waals surface area (Å²) in [6.45, 7) is 2.07. The van der Waals surface area contributed by atoms with E-state index in [1.807, 2.05) is 0 Å². The van der Waals surface area contributed by atoms with Crippen molar-refractivity contribution in [1.82, 2.24) is 0 Å². The smallest absolute Gasteiger partial charge is 0.275 e. The van der Waals surface area contributed by atoms with Crippen LogP contribution in [0.1, 0.15) is 35.1 Å². The molecule has 2 aromatic rings. The third-order valence-electron chi connectivity index (χ3n) is 5.31. The zero-order valence-electron chi connectivity index (χ0n) is 14.2. The first-order valence-electron chi connectivity index (χ1n) is 8.45. The van der Waals surface area contributed by atoms with Crippen molar-refractivity contribution < 1.29 is 9.66 Å². The predicted octanol–water partition coefficient (Wildman–Crippen LogP) is 4.74. The lowest BCUT2D eigenvalue weighted by molar-refractivity contribution is -0.385. The number of methoxy groups -OCH3 is 1. The normalized spacial score (nSPS) is 23.5. The number of nitro benzene ring substituents is 1. The Hall–Kier alpha value is -2.82. The fourth-order valence-electron chi connectivity index (χ4n) is 4.10. The van der Waals surface area contributed by atoms with Crippen LogP contribution < -0.4 is 10.1 Å². The molecule has 0 unspecified atom stereocenters. The number of allylic oxidation sites excluding steroid dienone is 2. The number of fused-ring (bicyclic) bond motifs is 3. The van der Waals surface area contributed by atoms with Crippen LogP contribution in [0.4, 0.5) is 11.4 Å². The SMILES string of the molecule is COc1ccc([N+](=O)[O-])c2c1N[C@H](c1ccc(C)cc1)[C@H]1CC=C[C@H]21. The van der Waals surface area contributed by atoms with Crippen LogP contribution >= 0.6 is 0 Å². The second kappa shape index (κ2) is 5.92. The lowest BCUT2D eigenvalue weighted by Crippen LogP contribution is -2.30. The fourth-order valence-corrected chi connectivity index (χ4v) is 4.10. The van der Waals surface area contributed by atoms with Gasteiger partial charge in [-0.1, -0.05) is 42.0 Å². The molecule has 25 heavy (non-hydrogen) atoms. The molecular weight excluding hydrogens is 316 g/mol. The van der Waals surface area contributed by atoms with Gasteiger partial charge in [0.25, 0.3) is 5.69 Å². The van der Waals surface area contributed by atoms with Gasteiger partial charge in [-0.05, 0) is 30.9 Å². The van der Waals surface area contributed by atoms with Crippen LogP contribution in [0.5, 0.6) is 5.75 Å². The summed E-state index contributed by atoms with van der Waals surface area (Å²) in [5.41, 5.74) is 4.06. The minimum absolute atomic E-state index is 0.0260. The molecule has 1 N–H and O–H groups in total. The van der Waals surface area contributed by atoms with Gasteiger partial charge in [0, 0.05) is 12.0 Å². The van der Waals surface area contributed by atoms with Gasteiger partial charge in [-0.3, -0.25) is 10.1 Å². The van der Waals surface area contributed by atoms with Gasteiger partial charge in [-0.2, -0.15) is 0 Å². The van der Waals surface area contributed by atoms with E-state index in [1.54, 1.807) is 19.2 Å². The molecule has 128 valence electrons. The number of ether oxygens (including phenoxy) is 1. The largest absolute Gasteiger partial charge is 0.495 e. The highest BCUT2D eigenvalue weighted by Crippen LogP contribution is 2.54. The molecule has 0 spiro atoms. The molecule has 2 aromatic carbocycles. The van der Waals surface area contributed by atoms with Crippen LogP contribution in [0.15, 0.2) is 48.6 Å². The average Bonchev–Trinajstić information content (AvgIpc) is 3.10. The summed E-state index contributed by atoms with van der Waals surface area (Å²) in [4.78, 5) is 11.3. The second-order valence-corrected chi connectivity index (χ2v) is 6.72. The quantitative estimate of drug-likeness (QED) is 0.499. The molecule has 1 heterocycles. The Morgan fingerprint density at radius 1 is 1.20 bits per heavy atom. The standard InChI is InChI=1S/C20H20N2O3/c1-12-6-8-13(9-7-12)19-15-5-3-4-14(15)18-16(22(23)24)10-11-17(25-2)20(18)21-19/h3-4,6-11,14-15,19,21H,5H2,1-2H3/t14-,15-,19+/m0/s1. The van der Waals surface area contributed by atoms with Crippen molar-refractivity contribution in [2.75, 3.05) is 12.4 Å². The van der Waals surface area contributed by atoms with E-state index in [4.69, 9.17) is 4.74 Å². The Kier molecular flexibility index (Phi) is 3.71. The predicted molar refractivity (Wildman–Crippen MR) is 97.2 cm³/mol. The highest BCUT2D eigenvalue weighted by Gasteiger charge is 2.42. The van der Waals surface area contributed by atoms with Crippen molar-refractivity contribution >= 4 is 11.4 Å². The van der Waals surface area contributed by atoms with E-state index < -0.39 is 0 Å². The summed E-state index contributed by atoms with van der Waals surface area (Å²) in [6, 6.07) is 11.8. The van der Waals surface area contributed by atoms with Gasteiger partial charge in [0.2, 0.25) is 0 Å². The molecular formula is C20H20N2O3. The Labute approximate surface area is 146 Å². The topological polar surface area (TPSA) is 64.4 Å². The van der Waals surface area contributed by atoms with E-state index in [1.165, 1.54) is 11.1 Å². The zero-order chi connectivity index (χ0) is 17.6. The molecule has 0 saturated carbocycles. The fraction of sp³-hybridized carbons (Fsp3) is 0.300. The summed E-state index contributed by atoms with van der Waals surface area (Å²) in [7, 11) is 1.60. The summed E-state index contributed by atoms with van der Waals surface area (Å²) < 4.78 is 5.49. The zero-order valence-corrected chi connectivity index (χ0v) is 14.2. The molecule has 0 amide bonds. The highest BCUT2D eigenvalue weighted by molar-refractivity contribution is 5.73. The third-order valence-corrected chi connectivity index (χ3v) is 5.31. The van der Waals surface area contributed by atoms with E-state index >= 15 is 0 Å². The van der Waals surface area contributed by atoms with Crippen molar-refractivity contribution in [1.29, 1.82) is 0 Å². The number of aryl methyl sites for hydroxylation is 1. The van der Waals surface area contributed by atoms with Crippen LogP contribution in [0.25, 0.3) is 0 Å². The second-order valence-electron chi connectivity index (χ2n) is 6.72. The van der Waals surface area contributed by atoms with Gasteiger partial charge in [0.15, 0.2) is 0 Å². The molecule has 5 nitrogen and oxygen atoms in total. The third kappa shape index (κ3) is 2.47. The molecule has 5 heteroatoms. The van der Waals surface area contributed by atoms with Crippen LogP contribution in [-0.4, -0.2) is 12.0 Å². The Morgan fingerprint density at radius 2 is 1.96 bits per heavy atom. The van der Waals surface area contributed by atoms with Gasteiger partial charge < -0.3 is 10.1 Å². The minimum Gasteiger partial charge on any atom is -0.495 e. The van der Waals surface area contributed by atoms with Crippen LogP contribution in [0, 0.1) is 23.0 Å². The lowest BCUT2D eigenvalue weighted by atomic mass is 9.76. The lowest BCUT2D eigenvalue weighted by Gasteiger charge is -2.37. The van der Waals surface area contributed by atoms with Crippen molar-refractivity contribution in [2.45, 2.75) is 25.3 Å². The van der Waals surface area contributed by atoms with Gasteiger partial charge in [-0.25, -0.2) is 0 Å². The first kappa shape index (κ1) is 15.7. The van der Waals surface area contributed by atoms with Crippen molar-refractivity contribution in [3.8, 4) is 5.75 Å². The number of hydrogen-bond acceptors (Lipinski definition) is 4. The van der Waals surface area contributed by atoms with Crippen LogP contribution in [0.3, 0.4) is 0 Å². The molecule has 0 radical (unpaired) electrons. The Bertz CT molecular complexity index is 858. The monoisotopic (exact) mass is 336 g/mol. The highest BCUT2D eigenvalue weighted by atomic mass is 16.6. The number of benzene rings is 2. The van der Waals surface area contributed by atoms with Crippen LogP contribution in [-0.2, 0) is 0 Å². The van der Waals surface area contributed by atoms with Crippen molar-refractivity contribution in [3.05, 3.63) is 75.4 Å². The maximum absolute atomic E-state index is 11.6. The molecule has 3 atom stereocenters. The van der Waals surface area contributed by atoms with E-state index in [9.17, 15) is 10.1 Å². The van der Waals surface area contributed by atoms with Gasteiger partial charge in [-0.15, -0.1) is 0 Å². The molecule has 2 aliphatic rings. The maximum Gasteiger partial charge on any atom is 0.275 e. The number of hydrogen-bond donors (Lipinski definition) is 1. The first-order chi connectivity index (χ1) is 12.1. The number of rotatable bonds is 3. The van der Waals surface area contributed by atoms with Gasteiger partial charge >= 0.3 is 0 Å². The van der Waals surface area contributed by atoms with Gasteiger partial charge in [0.05, 0.1) is 29.3 Å². The molecule has 0 bridgehead atoms. The molecule has 0 aromatic heterocycles. The van der Waals surface area contributed by atoms with E-state index in [0.29, 0.717) is 5.75 Å². The molecule has 1 aliphatic carbocycles. The maximum atomic E-state index is 11.6. The molecule has 0 saturated heterocycles. The van der Waals surface area contributed by atoms with Crippen LogP contribution in [0.2, 0.25) is 0 Å². The number of anilines is 1. The van der Waals surface area contributed by atoms with Crippen molar-refractivity contribution in [3.63, 3.8) is 0 Å². The van der Waals surface area contributed by atoms with E-state index in [2.05, 4.69) is 48.7 Å². The molecule has 0 fully saturated rings. The summed E-state index contributed by atoms with van der Waals surface area (Å²) in [6.07, 6.45) is 5.15. The summed E-state index contributed by atoms with van der Waals surface area (Å²) in [5.74, 6) is 0.940. The number of nitro groups is 1. The average molecular weight is 336 g/mol. The number of nitrogens with one attached hydrogen (secondary N) is 1. The van der Waals surface area contributed by atoms with Crippen molar-refractivity contribution in [2.24, 2.45) is 5.92 Å². The Balaban J connectivity index is 1.87. The minimum atomic E-state index is -0.296. The van der Waals surface area contributed by atoms with E-state index in [-0.39, 0.29) is 28.5 Å². The molecule has 1 aliphatic heterocycles. The van der Waals surface area contributed by atoms with Gasteiger partial charge in [0.1, 0.15) is 5.75 Å². The van der Waals surface area contributed by atoms with E-state index in [0.717, 1.165) is 17.7 Å². The number of nitrogens with zero attached hydrogens (tertiary/aromatic N) is 1. The summed E-state index contributed by atoms with van der Waals surface area (Å²) >= 11 is 0. The molecule has 4 rings (SSSR count).